The molecule has 134 valence electrons. The first kappa shape index (κ1) is 17.9. The molecule has 0 N–H and O–H groups in total. The Kier molecular flexibility index (Phi) is 5.09. The van der Waals surface area contributed by atoms with E-state index in [4.69, 9.17) is 9.47 Å². The van der Waals surface area contributed by atoms with E-state index in [9.17, 15) is 9.59 Å². The first-order valence-electron chi connectivity index (χ1n) is 8.94. The summed E-state index contributed by atoms with van der Waals surface area (Å²) in [7, 11) is 1.32. The zero-order valence-electron chi connectivity index (χ0n) is 15.2. The van der Waals surface area contributed by atoms with Gasteiger partial charge in [-0.15, -0.1) is 0 Å². The van der Waals surface area contributed by atoms with Gasteiger partial charge in [-0.25, -0.2) is 4.79 Å². The lowest BCUT2D eigenvalue weighted by Crippen LogP contribution is -2.47. The smallest absolute Gasteiger partial charge is 0.341 e. The van der Waals surface area contributed by atoms with Crippen LogP contribution < -0.4 is 0 Å². The van der Waals surface area contributed by atoms with E-state index in [0.29, 0.717) is 13.0 Å². The van der Waals surface area contributed by atoms with Gasteiger partial charge in [0.25, 0.3) is 0 Å². The molecule has 0 spiro atoms. The molecule has 0 bridgehead atoms. The lowest BCUT2D eigenvalue weighted by molar-refractivity contribution is -0.139. The summed E-state index contributed by atoms with van der Waals surface area (Å²) in [4.78, 5) is 24.3. The molecule has 0 aromatic heterocycles. The summed E-state index contributed by atoms with van der Waals surface area (Å²) in [5.74, 6) is -0.158. The van der Waals surface area contributed by atoms with Crippen molar-refractivity contribution in [1.29, 1.82) is 0 Å². The van der Waals surface area contributed by atoms with Gasteiger partial charge in [-0.1, -0.05) is 50.3 Å². The van der Waals surface area contributed by atoms with Crippen LogP contribution in [0.1, 0.15) is 38.7 Å². The number of Topliss-reactive ketones (excluding diaryl/α,β-unsaturated/α-hetero) is 1. The number of hydrogen-bond donors (Lipinski definition) is 0. The lowest BCUT2D eigenvalue weighted by Gasteiger charge is -2.49. The maximum atomic E-state index is 12.4. The SMILES string of the molecule is COC(=O)C1=C[C@@]2(C)CC[C@H](OCc3ccccc3)[C@@H](C)C2CC1=O. The van der Waals surface area contributed by atoms with Crippen molar-refractivity contribution >= 4 is 11.8 Å². The molecule has 1 fully saturated rings. The zero-order valence-corrected chi connectivity index (χ0v) is 15.2. The lowest BCUT2D eigenvalue weighted by atomic mass is 9.57. The van der Waals surface area contributed by atoms with Crippen LogP contribution in [0.15, 0.2) is 42.0 Å². The van der Waals surface area contributed by atoms with Crippen LogP contribution in [0.3, 0.4) is 0 Å². The van der Waals surface area contributed by atoms with E-state index in [1.165, 1.54) is 7.11 Å². The Morgan fingerprint density at radius 2 is 2.00 bits per heavy atom. The van der Waals surface area contributed by atoms with E-state index in [0.717, 1.165) is 18.4 Å². The molecule has 0 amide bonds. The topological polar surface area (TPSA) is 52.6 Å². The summed E-state index contributed by atoms with van der Waals surface area (Å²) in [6.07, 6.45) is 4.23. The minimum absolute atomic E-state index is 0.107. The molecule has 4 atom stereocenters. The second-order valence-corrected chi connectivity index (χ2v) is 7.52. The second-order valence-electron chi connectivity index (χ2n) is 7.52. The van der Waals surface area contributed by atoms with E-state index in [2.05, 4.69) is 26.0 Å². The number of ketones is 1. The van der Waals surface area contributed by atoms with Crippen molar-refractivity contribution in [1.82, 2.24) is 0 Å². The average Bonchev–Trinajstić information content (AvgIpc) is 2.62. The molecular formula is C21H26O4. The largest absolute Gasteiger partial charge is 0.465 e. The molecule has 4 heteroatoms. The number of esters is 1. The quantitative estimate of drug-likeness (QED) is 0.618. The van der Waals surface area contributed by atoms with Gasteiger partial charge in [0.15, 0.2) is 5.78 Å². The summed E-state index contributed by atoms with van der Waals surface area (Å²) in [5, 5.41) is 0. The van der Waals surface area contributed by atoms with E-state index in [-0.39, 0.29) is 34.7 Å². The summed E-state index contributed by atoms with van der Waals surface area (Å²) in [6.45, 7) is 4.91. The third-order valence-electron chi connectivity index (χ3n) is 5.93. The number of ether oxygens (including phenoxy) is 2. The molecule has 2 aliphatic carbocycles. The van der Waals surface area contributed by atoms with Gasteiger partial charge in [0.1, 0.15) is 0 Å². The highest BCUT2D eigenvalue weighted by Crippen LogP contribution is 2.51. The molecule has 0 radical (unpaired) electrons. The molecule has 1 aromatic rings. The third-order valence-corrected chi connectivity index (χ3v) is 5.93. The normalized spacial score (nSPS) is 31.9. The summed E-state index contributed by atoms with van der Waals surface area (Å²) in [5.41, 5.74) is 1.23. The average molecular weight is 342 g/mol. The van der Waals surface area contributed by atoms with Gasteiger partial charge in [0.2, 0.25) is 0 Å². The van der Waals surface area contributed by atoms with Gasteiger partial charge in [0.05, 0.1) is 25.4 Å². The van der Waals surface area contributed by atoms with Gasteiger partial charge in [-0.05, 0) is 35.7 Å². The number of carbonyl (C=O) groups is 2. The summed E-state index contributed by atoms with van der Waals surface area (Å²) in [6, 6.07) is 10.1. The van der Waals surface area contributed by atoms with E-state index >= 15 is 0 Å². The Bertz CT molecular complexity index is 678. The highest BCUT2D eigenvalue weighted by Gasteiger charge is 2.48. The minimum Gasteiger partial charge on any atom is -0.465 e. The Labute approximate surface area is 149 Å². The summed E-state index contributed by atoms with van der Waals surface area (Å²) >= 11 is 0. The fraction of sp³-hybridized carbons (Fsp3) is 0.524. The molecule has 3 rings (SSSR count). The van der Waals surface area contributed by atoms with Crippen LogP contribution in [0.2, 0.25) is 0 Å². The molecule has 1 unspecified atom stereocenters. The minimum atomic E-state index is -0.514. The number of benzene rings is 1. The van der Waals surface area contributed by atoms with Crippen LogP contribution in [-0.4, -0.2) is 25.0 Å². The second kappa shape index (κ2) is 7.12. The van der Waals surface area contributed by atoms with Crippen molar-refractivity contribution in [3.63, 3.8) is 0 Å². The number of rotatable bonds is 4. The molecule has 2 aliphatic rings. The first-order chi connectivity index (χ1) is 11.9. The maximum absolute atomic E-state index is 12.4. The van der Waals surface area contributed by atoms with Gasteiger partial charge < -0.3 is 9.47 Å². The number of hydrogen-bond acceptors (Lipinski definition) is 4. The van der Waals surface area contributed by atoms with E-state index in [1.807, 2.05) is 24.3 Å². The first-order valence-corrected chi connectivity index (χ1v) is 8.94. The molecule has 25 heavy (non-hydrogen) atoms. The third kappa shape index (κ3) is 3.54. The van der Waals surface area contributed by atoms with Crippen LogP contribution in [0.4, 0.5) is 0 Å². The van der Waals surface area contributed by atoms with Crippen LogP contribution >= 0.6 is 0 Å². The zero-order chi connectivity index (χ0) is 18.0. The van der Waals surface area contributed by atoms with Crippen molar-refractivity contribution in [3.8, 4) is 0 Å². The molecular weight excluding hydrogens is 316 g/mol. The Morgan fingerprint density at radius 3 is 2.68 bits per heavy atom. The number of fused-ring (bicyclic) bond motifs is 1. The highest BCUT2D eigenvalue weighted by atomic mass is 16.5. The number of methoxy groups -OCH3 is 1. The van der Waals surface area contributed by atoms with Crippen molar-refractivity contribution in [2.24, 2.45) is 17.3 Å². The van der Waals surface area contributed by atoms with Crippen LogP contribution in [0.5, 0.6) is 0 Å². The van der Waals surface area contributed by atoms with Gasteiger partial charge in [-0.3, -0.25) is 4.79 Å². The predicted molar refractivity (Wildman–Crippen MR) is 94.7 cm³/mol. The Morgan fingerprint density at radius 1 is 1.28 bits per heavy atom. The van der Waals surface area contributed by atoms with E-state index < -0.39 is 5.97 Å². The fourth-order valence-electron chi connectivity index (χ4n) is 4.37. The molecule has 0 heterocycles. The van der Waals surface area contributed by atoms with E-state index in [1.54, 1.807) is 0 Å². The molecule has 4 nitrogen and oxygen atoms in total. The molecule has 1 aromatic carbocycles. The molecule has 0 saturated heterocycles. The van der Waals surface area contributed by atoms with Crippen LogP contribution in [-0.2, 0) is 25.7 Å². The van der Waals surface area contributed by atoms with Gasteiger partial charge in [-0.2, -0.15) is 0 Å². The summed E-state index contributed by atoms with van der Waals surface area (Å²) < 4.78 is 10.9. The van der Waals surface area contributed by atoms with Crippen molar-refractivity contribution in [2.45, 2.75) is 45.8 Å². The maximum Gasteiger partial charge on any atom is 0.341 e. The van der Waals surface area contributed by atoms with Crippen LogP contribution in [0, 0.1) is 17.3 Å². The monoisotopic (exact) mass is 342 g/mol. The highest BCUT2D eigenvalue weighted by molar-refractivity contribution is 6.18. The Balaban J connectivity index is 1.73. The molecule has 1 saturated carbocycles. The van der Waals surface area contributed by atoms with Gasteiger partial charge in [0, 0.05) is 6.42 Å². The fourth-order valence-corrected chi connectivity index (χ4v) is 4.37. The number of carbonyl (C=O) groups excluding carboxylic acids is 2. The van der Waals surface area contributed by atoms with Crippen molar-refractivity contribution in [2.75, 3.05) is 7.11 Å². The molecule has 0 aliphatic heterocycles. The van der Waals surface area contributed by atoms with Crippen LogP contribution in [0.25, 0.3) is 0 Å². The predicted octanol–water partition coefficient (Wildman–Crippen LogP) is 3.70. The van der Waals surface area contributed by atoms with Crippen molar-refractivity contribution in [3.05, 3.63) is 47.5 Å². The van der Waals surface area contributed by atoms with Crippen molar-refractivity contribution < 1.29 is 19.1 Å². The Hall–Kier alpha value is -1.94. The number of allylic oxidation sites excluding steroid dienone is 1. The van der Waals surface area contributed by atoms with Gasteiger partial charge >= 0.3 is 5.97 Å². The standard InChI is InChI=1S/C21H26O4/c1-14-17-11-18(22)16(20(23)24-3)12-21(17,2)10-9-19(14)25-13-15-7-5-4-6-8-15/h4-8,12,14,17,19H,9-11,13H2,1-3H3/t14-,17?,19-,21+/m0/s1.